The Bertz CT molecular complexity index is 1460. The summed E-state index contributed by atoms with van der Waals surface area (Å²) in [5, 5.41) is 15.2. The fourth-order valence-corrected chi connectivity index (χ4v) is 4.92. The summed E-state index contributed by atoms with van der Waals surface area (Å²) in [6, 6.07) is 11.8. The van der Waals surface area contributed by atoms with E-state index in [1.54, 1.807) is 24.5 Å². The van der Waals surface area contributed by atoms with Crippen LogP contribution >= 0.6 is 0 Å². The molecule has 1 aromatic carbocycles. The van der Waals surface area contributed by atoms with Crippen molar-refractivity contribution in [1.82, 2.24) is 9.97 Å². The van der Waals surface area contributed by atoms with E-state index in [2.05, 4.69) is 25.5 Å². The molecule has 0 aliphatic carbocycles. The molecule has 3 aromatic rings. The zero-order valence-corrected chi connectivity index (χ0v) is 21.8. The third-order valence-corrected chi connectivity index (χ3v) is 6.85. The first kappa shape index (κ1) is 26.1. The minimum atomic E-state index is -3.55. The molecule has 11 heteroatoms. The highest BCUT2D eigenvalue weighted by Crippen LogP contribution is 2.33. The van der Waals surface area contributed by atoms with E-state index in [1.807, 2.05) is 32.0 Å². The molecule has 10 nitrogen and oxygen atoms in total. The second kappa shape index (κ2) is 10.5. The highest BCUT2D eigenvalue weighted by Gasteiger charge is 2.23. The molecular formula is C26H28N6O4S. The molecule has 1 saturated heterocycles. The number of pyridine rings is 2. The van der Waals surface area contributed by atoms with Crippen LogP contribution in [0.5, 0.6) is 0 Å². The van der Waals surface area contributed by atoms with Crippen LogP contribution in [0.15, 0.2) is 53.7 Å². The lowest BCUT2D eigenvalue weighted by Gasteiger charge is -2.36. The average Bonchev–Trinajstić information content (AvgIpc) is 2.82. The summed E-state index contributed by atoms with van der Waals surface area (Å²) in [5.41, 5.74) is 3.35. The average molecular weight is 521 g/mol. The lowest BCUT2D eigenvalue weighted by Crippen LogP contribution is -2.45. The highest BCUT2D eigenvalue weighted by molar-refractivity contribution is 7.90. The Morgan fingerprint density at radius 2 is 1.84 bits per heavy atom. The van der Waals surface area contributed by atoms with Gasteiger partial charge < -0.3 is 20.3 Å². The number of morpholine rings is 1. The fourth-order valence-electron chi connectivity index (χ4n) is 4.24. The van der Waals surface area contributed by atoms with Crippen LogP contribution in [-0.4, -0.2) is 55.8 Å². The zero-order chi connectivity index (χ0) is 26.7. The Hall–Kier alpha value is -4.01. The summed E-state index contributed by atoms with van der Waals surface area (Å²) < 4.78 is 30.1. The van der Waals surface area contributed by atoms with Gasteiger partial charge in [0.25, 0.3) is 0 Å². The summed E-state index contributed by atoms with van der Waals surface area (Å²) in [5.74, 6) is 0.0277. The molecule has 0 radical (unpaired) electrons. The molecule has 0 saturated carbocycles. The van der Waals surface area contributed by atoms with E-state index >= 15 is 0 Å². The molecule has 0 spiro atoms. The summed E-state index contributed by atoms with van der Waals surface area (Å²) >= 11 is 0. The lowest BCUT2D eigenvalue weighted by molar-refractivity contribution is -0.114. The number of carbonyl (C=O) groups is 1. The summed E-state index contributed by atoms with van der Waals surface area (Å²) in [6.45, 7) is 7.00. The molecule has 0 bridgehead atoms. The number of nitrogens with zero attached hydrogens (tertiary/aromatic N) is 4. The van der Waals surface area contributed by atoms with Crippen LogP contribution in [0, 0.1) is 11.3 Å². The lowest BCUT2D eigenvalue weighted by atomic mass is 10.1. The number of rotatable bonds is 6. The standard InChI is InChI=1S/C26H28N6O4S/c1-16-14-32(15-17(2)36-16)21-5-6-24(28-12-21)23-13-29-26(30-18(3)33)10-25(23)31-20-7-19(11-27)8-22(9-20)37(4,34)35/h5-10,12-13,16-17H,14-15H2,1-4H3,(H2,29,30,31,33)/t16-,17+. The summed E-state index contributed by atoms with van der Waals surface area (Å²) in [6.07, 6.45) is 4.70. The molecule has 1 amide bonds. The van der Waals surface area contributed by atoms with Gasteiger partial charge in [-0.2, -0.15) is 5.26 Å². The van der Waals surface area contributed by atoms with E-state index in [0.29, 0.717) is 28.5 Å². The van der Waals surface area contributed by atoms with Crippen LogP contribution in [0.2, 0.25) is 0 Å². The number of nitriles is 1. The minimum Gasteiger partial charge on any atom is -0.372 e. The van der Waals surface area contributed by atoms with Crippen molar-refractivity contribution in [1.29, 1.82) is 5.26 Å². The monoisotopic (exact) mass is 520 g/mol. The number of nitrogens with one attached hydrogen (secondary N) is 2. The predicted molar refractivity (Wildman–Crippen MR) is 142 cm³/mol. The second-order valence-corrected chi connectivity index (χ2v) is 11.1. The van der Waals surface area contributed by atoms with Crippen LogP contribution in [-0.2, 0) is 19.4 Å². The van der Waals surface area contributed by atoms with Crippen molar-refractivity contribution in [2.75, 3.05) is 34.9 Å². The quantitative estimate of drug-likeness (QED) is 0.498. The maximum Gasteiger partial charge on any atom is 0.222 e. The second-order valence-electron chi connectivity index (χ2n) is 9.12. The van der Waals surface area contributed by atoms with Crippen LogP contribution in [0.4, 0.5) is 22.9 Å². The number of benzene rings is 1. The van der Waals surface area contributed by atoms with Gasteiger partial charge in [-0.1, -0.05) is 0 Å². The van der Waals surface area contributed by atoms with Gasteiger partial charge >= 0.3 is 0 Å². The predicted octanol–water partition coefficient (Wildman–Crippen LogP) is 3.73. The van der Waals surface area contributed by atoms with Crippen molar-refractivity contribution in [2.45, 2.75) is 37.9 Å². The van der Waals surface area contributed by atoms with Crippen LogP contribution in [0.25, 0.3) is 11.3 Å². The van der Waals surface area contributed by atoms with Gasteiger partial charge in [0.2, 0.25) is 5.91 Å². The summed E-state index contributed by atoms with van der Waals surface area (Å²) in [7, 11) is -3.55. The Kier molecular flexibility index (Phi) is 7.42. The number of aromatic nitrogens is 2. The molecule has 192 valence electrons. The molecule has 1 aliphatic rings. The molecular weight excluding hydrogens is 492 g/mol. The normalized spacial score (nSPS) is 17.6. The van der Waals surface area contributed by atoms with E-state index in [4.69, 9.17) is 4.74 Å². The summed E-state index contributed by atoms with van der Waals surface area (Å²) in [4.78, 5) is 22.8. The Morgan fingerprint density at radius 1 is 1.11 bits per heavy atom. The first-order chi connectivity index (χ1) is 17.5. The number of sulfone groups is 1. The van der Waals surface area contributed by atoms with Crippen molar-refractivity contribution >= 4 is 38.6 Å². The molecule has 2 atom stereocenters. The maximum atomic E-state index is 12.2. The first-order valence-electron chi connectivity index (χ1n) is 11.7. The molecule has 2 N–H and O–H groups in total. The third-order valence-electron chi connectivity index (χ3n) is 5.76. The van der Waals surface area contributed by atoms with E-state index in [9.17, 15) is 18.5 Å². The smallest absolute Gasteiger partial charge is 0.222 e. The third kappa shape index (κ3) is 6.41. The van der Waals surface area contributed by atoms with Gasteiger partial charge in [-0.25, -0.2) is 13.4 Å². The van der Waals surface area contributed by atoms with Crippen LogP contribution < -0.4 is 15.5 Å². The van der Waals surface area contributed by atoms with Crippen molar-refractivity contribution in [3.05, 3.63) is 54.4 Å². The Labute approximate surface area is 216 Å². The SMILES string of the molecule is CC(=O)Nc1cc(Nc2cc(C#N)cc(S(C)(=O)=O)c2)c(-c2ccc(N3C[C@@H](C)O[C@@H](C)C3)cn2)cn1. The van der Waals surface area contributed by atoms with Gasteiger partial charge in [-0.3, -0.25) is 9.78 Å². The largest absolute Gasteiger partial charge is 0.372 e. The maximum absolute atomic E-state index is 12.2. The van der Waals surface area contributed by atoms with Gasteiger partial charge in [0, 0.05) is 49.8 Å². The number of anilines is 4. The molecule has 4 rings (SSSR count). The molecule has 1 fully saturated rings. The van der Waals surface area contributed by atoms with Gasteiger partial charge in [0.15, 0.2) is 9.84 Å². The van der Waals surface area contributed by atoms with Gasteiger partial charge in [0.1, 0.15) is 5.82 Å². The molecule has 0 unspecified atom stereocenters. The minimum absolute atomic E-state index is 0.0168. The van der Waals surface area contributed by atoms with Crippen LogP contribution in [0.1, 0.15) is 26.3 Å². The van der Waals surface area contributed by atoms with Gasteiger partial charge in [0.05, 0.1) is 52.0 Å². The highest BCUT2D eigenvalue weighted by atomic mass is 32.2. The van der Waals surface area contributed by atoms with Crippen LogP contribution in [0.3, 0.4) is 0 Å². The number of amides is 1. The Balaban J connectivity index is 1.72. The van der Waals surface area contributed by atoms with Gasteiger partial charge in [-0.15, -0.1) is 0 Å². The van der Waals surface area contributed by atoms with E-state index < -0.39 is 9.84 Å². The number of ether oxygens (including phenoxy) is 1. The fraction of sp³-hybridized carbons (Fsp3) is 0.308. The van der Waals surface area contributed by atoms with Crippen molar-refractivity contribution < 1.29 is 17.9 Å². The molecule has 3 heterocycles. The van der Waals surface area contributed by atoms with Gasteiger partial charge in [-0.05, 0) is 44.2 Å². The van der Waals surface area contributed by atoms with E-state index in [1.165, 1.54) is 19.1 Å². The Morgan fingerprint density at radius 3 is 2.43 bits per heavy atom. The van der Waals surface area contributed by atoms with E-state index in [0.717, 1.165) is 25.0 Å². The number of hydrogen-bond donors (Lipinski definition) is 2. The molecule has 1 aliphatic heterocycles. The van der Waals surface area contributed by atoms with Crippen molar-refractivity contribution in [3.8, 4) is 17.3 Å². The molecule has 2 aromatic heterocycles. The first-order valence-corrected chi connectivity index (χ1v) is 13.6. The zero-order valence-electron chi connectivity index (χ0n) is 21.0. The number of hydrogen-bond acceptors (Lipinski definition) is 9. The van der Waals surface area contributed by atoms with Crippen molar-refractivity contribution in [2.24, 2.45) is 0 Å². The van der Waals surface area contributed by atoms with E-state index in [-0.39, 0.29) is 28.6 Å². The topological polar surface area (TPSA) is 137 Å². The molecule has 37 heavy (non-hydrogen) atoms. The number of carbonyl (C=O) groups excluding carboxylic acids is 1. The van der Waals surface area contributed by atoms with Crippen molar-refractivity contribution in [3.63, 3.8) is 0 Å².